The van der Waals surface area contributed by atoms with E-state index < -0.39 is 47.7 Å². The number of carbonyl (C=O) groups excluding carboxylic acids is 1. The minimum atomic E-state index is -5.03. The van der Waals surface area contributed by atoms with Gasteiger partial charge in [0.1, 0.15) is 6.10 Å². The molecule has 1 saturated heterocycles. The van der Waals surface area contributed by atoms with Crippen molar-refractivity contribution in [1.29, 1.82) is 0 Å². The Hall–Kier alpha value is -4.28. The maximum absolute atomic E-state index is 13.6. The summed E-state index contributed by atoms with van der Waals surface area (Å²) in [6, 6.07) is 11.4. The molecule has 3 aromatic carbocycles. The molecule has 1 N–H and O–H groups in total. The number of allylic oxidation sites excluding steroid dienone is 1. The third-order valence-corrected chi connectivity index (χ3v) is 9.21. The highest BCUT2D eigenvalue weighted by Crippen LogP contribution is 2.46. The number of hydrogen-bond donors (Lipinski definition) is 1. The van der Waals surface area contributed by atoms with E-state index in [9.17, 15) is 41.0 Å². The normalized spacial score (nSPS) is 20.1. The molecule has 0 radical (unpaired) electrons. The summed E-state index contributed by atoms with van der Waals surface area (Å²) in [4.78, 5) is 26.1. The predicted octanol–water partition coefficient (Wildman–Crippen LogP) is 10.3. The number of benzene rings is 3. The van der Waals surface area contributed by atoms with E-state index >= 15 is 0 Å². The molecule has 0 saturated carbocycles. The van der Waals surface area contributed by atoms with Gasteiger partial charge in [0.2, 0.25) is 0 Å². The van der Waals surface area contributed by atoms with Crippen LogP contribution in [0.2, 0.25) is 0 Å². The predicted molar refractivity (Wildman–Crippen MR) is 165 cm³/mol. The SMILES string of the molecule is Cc1cc(C(=O)O)ccc1-c1cc(C2=C(CN3C(=O)O[C@H](c4cc(C(F)(F)F)cc(C(F)(F)F)c4)C3C)CC(C)(C)CC2)ccc1C. The van der Waals surface area contributed by atoms with Gasteiger partial charge < -0.3 is 9.84 Å². The van der Waals surface area contributed by atoms with E-state index in [1.807, 2.05) is 32.0 Å². The van der Waals surface area contributed by atoms with Crippen LogP contribution < -0.4 is 0 Å². The summed E-state index contributed by atoms with van der Waals surface area (Å²) >= 11 is 0. The van der Waals surface area contributed by atoms with Gasteiger partial charge in [0.15, 0.2) is 0 Å². The summed E-state index contributed by atoms with van der Waals surface area (Å²) in [7, 11) is 0. The van der Waals surface area contributed by atoms with E-state index in [1.165, 1.54) is 4.90 Å². The van der Waals surface area contributed by atoms with Crippen LogP contribution in [0.1, 0.15) is 89.9 Å². The standard InChI is InChI=1S/C36H35F6NO4/c1-19-6-7-22(15-30(19)28-9-8-23(32(44)45)12-20(28)2)29-10-11-34(4,5)17-25(29)18-43-21(3)31(47-33(43)46)24-13-26(35(37,38)39)16-27(14-24)36(40,41)42/h6-9,12-16,21,31H,10-11,17-18H2,1-5H3,(H,44,45)/t21?,31-/m0/s1. The van der Waals surface area contributed by atoms with Gasteiger partial charge in [-0.05, 0) is 126 Å². The number of cyclic esters (lactones) is 1. The third kappa shape index (κ3) is 7.04. The van der Waals surface area contributed by atoms with Gasteiger partial charge >= 0.3 is 24.4 Å². The van der Waals surface area contributed by atoms with Crippen molar-refractivity contribution in [2.45, 2.75) is 78.4 Å². The number of alkyl halides is 6. The van der Waals surface area contributed by atoms with Gasteiger partial charge in [-0.3, -0.25) is 4.90 Å². The molecule has 5 rings (SSSR count). The van der Waals surface area contributed by atoms with Gasteiger partial charge in [-0.1, -0.05) is 32.0 Å². The second-order valence-corrected chi connectivity index (χ2v) is 13.3. The number of hydrogen-bond acceptors (Lipinski definition) is 3. The van der Waals surface area contributed by atoms with Crippen molar-refractivity contribution >= 4 is 17.6 Å². The molecule has 1 aliphatic heterocycles. The van der Waals surface area contributed by atoms with E-state index in [0.29, 0.717) is 25.0 Å². The van der Waals surface area contributed by atoms with Crippen molar-refractivity contribution in [3.8, 4) is 11.1 Å². The largest absolute Gasteiger partial charge is 0.478 e. The lowest BCUT2D eigenvalue weighted by Crippen LogP contribution is -2.35. The summed E-state index contributed by atoms with van der Waals surface area (Å²) in [6.45, 7) is 9.67. The van der Waals surface area contributed by atoms with Gasteiger partial charge in [-0.15, -0.1) is 0 Å². The van der Waals surface area contributed by atoms with Crippen molar-refractivity contribution in [2.75, 3.05) is 6.54 Å². The molecule has 2 atom stereocenters. The zero-order valence-corrected chi connectivity index (χ0v) is 26.6. The van der Waals surface area contributed by atoms with Crippen LogP contribution in [0.4, 0.5) is 31.1 Å². The topological polar surface area (TPSA) is 66.8 Å². The van der Waals surface area contributed by atoms with Crippen LogP contribution in [-0.4, -0.2) is 34.7 Å². The molecule has 5 nitrogen and oxygen atoms in total. The number of rotatable bonds is 6. The first-order valence-corrected chi connectivity index (χ1v) is 15.2. The van der Waals surface area contributed by atoms with Gasteiger partial charge in [0.25, 0.3) is 0 Å². The van der Waals surface area contributed by atoms with Crippen LogP contribution in [0.25, 0.3) is 16.7 Å². The number of carbonyl (C=O) groups is 2. The first-order chi connectivity index (χ1) is 21.7. The van der Waals surface area contributed by atoms with Crippen LogP contribution in [0.15, 0.2) is 60.2 Å². The molecule has 3 aromatic rings. The Morgan fingerprint density at radius 3 is 2.13 bits per heavy atom. The maximum atomic E-state index is 13.6. The van der Waals surface area contributed by atoms with Gasteiger partial charge in [0.05, 0.1) is 22.7 Å². The number of aromatic carboxylic acids is 1. The third-order valence-electron chi connectivity index (χ3n) is 9.21. The lowest BCUT2D eigenvalue weighted by atomic mass is 9.72. The fourth-order valence-corrected chi connectivity index (χ4v) is 6.62. The highest BCUT2D eigenvalue weighted by atomic mass is 19.4. The fraction of sp³-hybridized carbons (Fsp3) is 0.389. The number of nitrogens with zero attached hydrogens (tertiary/aromatic N) is 1. The Labute approximate surface area is 268 Å². The first-order valence-electron chi connectivity index (χ1n) is 15.2. The molecule has 0 bridgehead atoms. The molecule has 1 unspecified atom stereocenters. The quantitative estimate of drug-likeness (QED) is 0.268. The number of ether oxygens (including phenoxy) is 1. The van der Waals surface area contributed by atoms with Crippen LogP contribution in [0.5, 0.6) is 0 Å². The molecular formula is C36H35F6NO4. The molecule has 0 aromatic heterocycles. The average molecular weight is 660 g/mol. The zero-order valence-electron chi connectivity index (χ0n) is 26.6. The van der Waals surface area contributed by atoms with E-state index in [4.69, 9.17) is 4.74 Å². The molecule has 47 heavy (non-hydrogen) atoms. The Balaban J connectivity index is 1.52. The minimum Gasteiger partial charge on any atom is -0.478 e. The number of carboxylic acid groups (broad SMARTS) is 1. The van der Waals surface area contributed by atoms with E-state index in [-0.39, 0.29) is 29.2 Å². The second-order valence-electron chi connectivity index (χ2n) is 13.3. The maximum Gasteiger partial charge on any atom is 0.416 e. The summed E-state index contributed by atoms with van der Waals surface area (Å²) < 4.78 is 86.9. The fourth-order valence-electron chi connectivity index (χ4n) is 6.62. The molecule has 0 spiro atoms. The number of amides is 1. The molecule has 11 heteroatoms. The van der Waals surface area contributed by atoms with Crippen LogP contribution in [-0.2, 0) is 17.1 Å². The monoisotopic (exact) mass is 659 g/mol. The number of aryl methyl sites for hydroxylation is 2. The van der Waals surface area contributed by atoms with Crippen LogP contribution in [0, 0.1) is 19.3 Å². The minimum absolute atomic E-state index is 0.0573. The van der Waals surface area contributed by atoms with Crippen molar-refractivity contribution in [2.24, 2.45) is 5.41 Å². The second kappa shape index (κ2) is 12.1. The van der Waals surface area contributed by atoms with Gasteiger partial charge in [-0.2, -0.15) is 26.3 Å². The lowest BCUT2D eigenvalue weighted by molar-refractivity contribution is -0.143. The highest BCUT2D eigenvalue weighted by molar-refractivity contribution is 5.89. The molecule has 2 aliphatic rings. The average Bonchev–Trinajstić information content (AvgIpc) is 3.24. The number of carboxylic acids is 1. The van der Waals surface area contributed by atoms with Crippen molar-refractivity contribution in [3.63, 3.8) is 0 Å². The molecule has 250 valence electrons. The summed E-state index contributed by atoms with van der Waals surface area (Å²) in [5, 5.41) is 9.40. The summed E-state index contributed by atoms with van der Waals surface area (Å²) in [5.41, 5.74) is 3.20. The Kier molecular flexibility index (Phi) is 8.74. The van der Waals surface area contributed by atoms with Crippen molar-refractivity contribution < 1.29 is 45.8 Å². The molecule has 1 fully saturated rings. The van der Waals surface area contributed by atoms with Crippen molar-refractivity contribution in [1.82, 2.24) is 4.90 Å². The zero-order chi connectivity index (χ0) is 34.6. The molecular weight excluding hydrogens is 624 g/mol. The van der Waals surface area contributed by atoms with Gasteiger partial charge in [0, 0.05) is 6.54 Å². The molecule has 1 aliphatic carbocycles. The van der Waals surface area contributed by atoms with Gasteiger partial charge in [-0.25, -0.2) is 9.59 Å². The van der Waals surface area contributed by atoms with E-state index in [1.54, 1.807) is 25.1 Å². The lowest BCUT2D eigenvalue weighted by Gasteiger charge is -2.35. The first kappa shape index (κ1) is 34.1. The van der Waals surface area contributed by atoms with Crippen molar-refractivity contribution in [3.05, 3.63) is 99.1 Å². The van der Waals surface area contributed by atoms with E-state index in [0.717, 1.165) is 45.4 Å². The molecule has 1 heterocycles. The smallest absolute Gasteiger partial charge is 0.416 e. The van der Waals surface area contributed by atoms with Crippen LogP contribution >= 0.6 is 0 Å². The Bertz CT molecular complexity index is 1740. The Morgan fingerprint density at radius 2 is 1.55 bits per heavy atom. The van der Waals surface area contributed by atoms with E-state index in [2.05, 4.69) is 13.8 Å². The van der Waals surface area contributed by atoms with Crippen LogP contribution in [0.3, 0.4) is 0 Å². The molecule has 1 amide bonds. The Morgan fingerprint density at radius 1 is 0.915 bits per heavy atom. The summed E-state index contributed by atoms with van der Waals surface area (Å²) in [5.74, 6) is -1.02. The highest BCUT2D eigenvalue weighted by Gasteiger charge is 2.44. The summed E-state index contributed by atoms with van der Waals surface area (Å²) in [6.07, 6.45) is -10.1. The number of halogens is 6.